The van der Waals surface area contributed by atoms with Gasteiger partial charge in [-0.05, 0) is 55.8 Å². The molecule has 0 bridgehead atoms. The van der Waals surface area contributed by atoms with Crippen molar-refractivity contribution < 1.29 is 13.6 Å². The Morgan fingerprint density at radius 1 is 1.00 bits per heavy atom. The van der Waals surface area contributed by atoms with Crippen molar-refractivity contribution in [2.75, 3.05) is 10.6 Å². The number of aromatic amines is 1. The first-order valence-electron chi connectivity index (χ1n) is 11.6. The summed E-state index contributed by atoms with van der Waals surface area (Å²) in [7, 11) is 0. The van der Waals surface area contributed by atoms with E-state index in [4.69, 9.17) is 0 Å². The average Bonchev–Trinajstić information content (AvgIpc) is 3.41. The van der Waals surface area contributed by atoms with Crippen molar-refractivity contribution in [3.63, 3.8) is 0 Å². The average molecular weight is 510 g/mol. The molecule has 0 aliphatic heterocycles. The highest BCUT2D eigenvalue weighted by molar-refractivity contribution is 6.04. The van der Waals surface area contributed by atoms with Gasteiger partial charge in [0.25, 0.3) is 5.91 Å². The predicted molar refractivity (Wildman–Crippen MR) is 140 cm³/mol. The lowest BCUT2D eigenvalue weighted by molar-refractivity contribution is 0.102. The van der Waals surface area contributed by atoms with Gasteiger partial charge in [-0.1, -0.05) is 12.1 Å². The van der Waals surface area contributed by atoms with E-state index in [1.807, 2.05) is 6.07 Å². The minimum absolute atomic E-state index is 0.0969. The van der Waals surface area contributed by atoms with Crippen molar-refractivity contribution >= 4 is 34.1 Å². The predicted octanol–water partition coefficient (Wildman–Crippen LogP) is 6.10. The Kier molecular flexibility index (Phi) is 6.26. The molecule has 8 nitrogen and oxygen atoms in total. The second kappa shape index (κ2) is 9.71. The van der Waals surface area contributed by atoms with E-state index in [0.29, 0.717) is 28.5 Å². The van der Waals surface area contributed by atoms with Crippen molar-refractivity contribution in [3.8, 4) is 17.3 Å². The van der Waals surface area contributed by atoms with E-state index in [9.17, 15) is 18.8 Å². The van der Waals surface area contributed by atoms with Crippen molar-refractivity contribution in [1.82, 2.24) is 19.9 Å². The molecule has 0 saturated heterocycles. The van der Waals surface area contributed by atoms with E-state index in [2.05, 4.69) is 36.6 Å². The summed E-state index contributed by atoms with van der Waals surface area (Å²) in [5.74, 6) is -2.14. The van der Waals surface area contributed by atoms with Crippen LogP contribution in [0.15, 0.2) is 73.3 Å². The Morgan fingerprint density at radius 3 is 2.63 bits per heavy atom. The van der Waals surface area contributed by atoms with Crippen LogP contribution in [-0.4, -0.2) is 25.8 Å². The fourth-order valence-electron chi connectivity index (χ4n) is 3.96. The molecule has 0 radical (unpaired) electrons. The number of rotatable bonds is 6. The van der Waals surface area contributed by atoms with Gasteiger partial charge in [0.1, 0.15) is 29.4 Å². The van der Waals surface area contributed by atoms with Gasteiger partial charge in [0.15, 0.2) is 0 Å². The Labute approximate surface area is 216 Å². The zero-order chi connectivity index (χ0) is 26.9. The summed E-state index contributed by atoms with van der Waals surface area (Å²) in [6, 6.07) is 15.9. The number of carbonyl (C=O) groups is 1. The number of halogens is 2. The molecule has 3 heterocycles. The molecule has 0 unspecified atom stereocenters. The van der Waals surface area contributed by atoms with Gasteiger partial charge in [-0.15, -0.1) is 0 Å². The highest BCUT2D eigenvalue weighted by atomic mass is 19.1. The molecule has 0 atom stereocenters. The summed E-state index contributed by atoms with van der Waals surface area (Å²) in [6.45, 7) is 3.46. The largest absolute Gasteiger partial charge is 0.346 e. The van der Waals surface area contributed by atoms with E-state index in [-0.39, 0.29) is 22.8 Å². The van der Waals surface area contributed by atoms with Crippen LogP contribution in [0.4, 0.5) is 26.0 Å². The van der Waals surface area contributed by atoms with Gasteiger partial charge >= 0.3 is 0 Å². The third-order valence-corrected chi connectivity index (χ3v) is 6.10. The Morgan fingerprint density at radius 2 is 1.82 bits per heavy atom. The van der Waals surface area contributed by atoms with Gasteiger partial charge in [0.2, 0.25) is 0 Å². The summed E-state index contributed by atoms with van der Waals surface area (Å²) in [5, 5.41) is 15.5. The van der Waals surface area contributed by atoms with E-state index < -0.39 is 23.0 Å². The first-order valence-corrected chi connectivity index (χ1v) is 11.6. The number of amides is 1. The quantitative estimate of drug-likeness (QED) is 0.255. The molecule has 188 valence electrons. The van der Waals surface area contributed by atoms with Gasteiger partial charge < -0.3 is 15.6 Å². The number of H-pyrrole nitrogens is 1. The third-order valence-electron chi connectivity index (χ3n) is 6.10. The normalized spacial score (nSPS) is 11.2. The molecule has 3 aromatic heterocycles. The maximum absolute atomic E-state index is 14.8. The van der Waals surface area contributed by atoms with Crippen molar-refractivity contribution in [1.29, 1.82) is 5.26 Å². The van der Waals surface area contributed by atoms with Crippen LogP contribution in [0.3, 0.4) is 0 Å². The fraction of sp³-hybridized carbons (Fsp3) is 0.107. The van der Waals surface area contributed by atoms with Crippen LogP contribution in [-0.2, 0) is 5.41 Å². The Balaban J connectivity index is 1.46. The first kappa shape index (κ1) is 24.5. The summed E-state index contributed by atoms with van der Waals surface area (Å²) in [4.78, 5) is 28.8. The number of aromatic nitrogens is 4. The summed E-state index contributed by atoms with van der Waals surface area (Å²) < 4.78 is 29.5. The summed E-state index contributed by atoms with van der Waals surface area (Å²) >= 11 is 0. The monoisotopic (exact) mass is 509 g/mol. The van der Waals surface area contributed by atoms with E-state index >= 15 is 0 Å². The number of nitrogens with zero attached hydrogens (tertiary/aromatic N) is 4. The van der Waals surface area contributed by atoms with Gasteiger partial charge in [-0.2, -0.15) is 5.26 Å². The fourth-order valence-corrected chi connectivity index (χ4v) is 3.96. The number of nitrogens with one attached hydrogen (secondary N) is 3. The van der Waals surface area contributed by atoms with Crippen LogP contribution < -0.4 is 10.6 Å². The molecule has 3 N–H and O–H groups in total. The molecule has 1 amide bonds. The molecule has 10 heteroatoms. The number of nitriles is 1. The van der Waals surface area contributed by atoms with Crippen LogP contribution in [0.1, 0.15) is 29.8 Å². The zero-order valence-electron chi connectivity index (χ0n) is 20.4. The molecule has 0 aliphatic rings. The smallest absolute Gasteiger partial charge is 0.255 e. The minimum atomic E-state index is -0.944. The number of benzene rings is 2. The Hall–Kier alpha value is -5.17. The molecule has 5 aromatic rings. The minimum Gasteiger partial charge on any atom is -0.346 e. The van der Waals surface area contributed by atoms with Crippen LogP contribution in [0.5, 0.6) is 0 Å². The van der Waals surface area contributed by atoms with Crippen molar-refractivity contribution in [2.45, 2.75) is 19.3 Å². The highest BCUT2D eigenvalue weighted by Gasteiger charge is 2.22. The lowest BCUT2D eigenvalue weighted by Gasteiger charge is -2.17. The van der Waals surface area contributed by atoms with E-state index in [1.165, 1.54) is 12.5 Å². The Bertz CT molecular complexity index is 1720. The molecule has 5 rings (SSSR count). The molecule has 0 fully saturated rings. The summed E-state index contributed by atoms with van der Waals surface area (Å²) in [5.41, 5.74) is 1.51. The lowest BCUT2D eigenvalue weighted by Crippen LogP contribution is -2.17. The number of anilines is 3. The van der Waals surface area contributed by atoms with Gasteiger partial charge in [-0.25, -0.2) is 23.7 Å². The molecule has 2 aromatic carbocycles. The number of hydrogen-bond donors (Lipinski definition) is 3. The second-order valence-corrected chi connectivity index (χ2v) is 9.07. The zero-order valence-corrected chi connectivity index (χ0v) is 20.4. The van der Waals surface area contributed by atoms with Crippen LogP contribution in [0.25, 0.3) is 22.3 Å². The van der Waals surface area contributed by atoms with Crippen molar-refractivity contribution in [2.24, 2.45) is 0 Å². The number of hydrogen-bond acceptors (Lipinski definition) is 6. The molecular formula is C28H21F2N7O. The topological polar surface area (TPSA) is 119 Å². The molecule has 0 saturated carbocycles. The third kappa shape index (κ3) is 4.65. The number of pyridine rings is 1. The molecule has 0 aliphatic carbocycles. The van der Waals surface area contributed by atoms with E-state index in [1.54, 1.807) is 56.4 Å². The molecule has 0 spiro atoms. The molecular weight excluding hydrogens is 488 g/mol. The van der Waals surface area contributed by atoms with Crippen molar-refractivity contribution in [3.05, 3.63) is 96.1 Å². The van der Waals surface area contributed by atoms with Crippen LogP contribution in [0, 0.1) is 23.0 Å². The van der Waals surface area contributed by atoms with Gasteiger partial charge in [0, 0.05) is 35.0 Å². The lowest BCUT2D eigenvalue weighted by atomic mass is 9.85. The maximum Gasteiger partial charge on any atom is 0.255 e. The first-order chi connectivity index (χ1) is 18.3. The van der Waals surface area contributed by atoms with E-state index in [0.717, 1.165) is 11.5 Å². The molecule has 38 heavy (non-hydrogen) atoms. The van der Waals surface area contributed by atoms with Crippen LogP contribution >= 0.6 is 0 Å². The number of carbonyl (C=O) groups excluding carboxylic acids is 1. The van der Waals surface area contributed by atoms with Crippen LogP contribution in [0.2, 0.25) is 0 Å². The van der Waals surface area contributed by atoms with Gasteiger partial charge in [-0.3, -0.25) is 4.79 Å². The SMILES string of the molecule is CC(C)(C#N)c1cccc(C(=O)Nc2cc(Nc3ncccc3-c3ncnc4[nH]ccc34)c(F)cc2F)c1. The number of fused-ring (bicyclic) bond motifs is 1. The maximum atomic E-state index is 14.8. The summed E-state index contributed by atoms with van der Waals surface area (Å²) in [6.07, 6.45) is 4.67. The standard InChI is InChI=1S/C28H21F2N7O/c1-28(2,14-31)17-6-3-5-16(11-17)27(38)37-23-13-22(20(29)12-21(23)30)36-26-18(7-4-9-32-26)24-19-8-10-33-25(19)35-15-34-24/h3-13,15H,1-2H3,(H,32,36)(H,37,38)(H,33,34,35). The van der Waals surface area contributed by atoms with Gasteiger partial charge in [0.05, 0.1) is 28.6 Å². The highest BCUT2D eigenvalue weighted by Crippen LogP contribution is 2.33. The second-order valence-electron chi connectivity index (χ2n) is 9.07.